The van der Waals surface area contributed by atoms with Gasteiger partial charge in [0, 0.05) is 36.5 Å². The molecule has 2 heterocycles. The molecule has 0 amide bonds. The fraction of sp³-hybridized carbons (Fsp3) is 0.348. The van der Waals surface area contributed by atoms with Gasteiger partial charge in [0.25, 0.3) is 0 Å². The molecule has 160 valence electrons. The number of carboxylic acids is 1. The Balaban J connectivity index is 1.96. The van der Waals surface area contributed by atoms with Crippen molar-refractivity contribution in [3.63, 3.8) is 0 Å². The van der Waals surface area contributed by atoms with Gasteiger partial charge in [0.2, 0.25) is 0 Å². The van der Waals surface area contributed by atoms with Crippen LogP contribution in [0.2, 0.25) is 5.02 Å². The maximum Gasteiger partial charge on any atom is 0.333 e. The minimum Gasteiger partial charge on any atom is -0.479 e. The van der Waals surface area contributed by atoms with Gasteiger partial charge in [-0.15, -0.1) is 0 Å². The van der Waals surface area contributed by atoms with Crippen molar-refractivity contribution in [3.05, 3.63) is 53.1 Å². The van der Waals surface area contributed by atoms with E-state index >= 15 is 0 Å². The lowest BCUT2D eigenvalue weighted by molar-refractivity contribution is -0.141. The number of allylic oxidation sites excluding steroid dienone is 2. The molecule has 4 rings (SSSR count). The van der Waals surface area contributed by atoms with Gasteiger partial charge >= 0.3 is 5.97 Å². The molecule has 1 aliphatic carbocycles. The van der Waals surface area contributed by atoms with E-state index in [1.165, 1.54) is 0 Å². The number of anilines is 2. The van der Waals surface area contributed by atoms with E-state index in [-0.39, 0.29) is 0 Å². The summed E-state index contributed by atoms with van der Waals surface area (Å²) in [4.78, 5) is 21.2. The average Bonchev–Trinajstić information content (AvgIpc) is 2.80. The molecule has 0 bridgehead atoms. The maximum absolute atomic E-state index is 12.5. The summed E-state index contributed by atoms with van der Waals surface area (Å²) >= 11 is 6.44. The van der Waals surface area contributed by atoms with E-state index in [4.69, 9.17) is 21.3 Å². The summed E-state index contributed by atoms with van der Waals surface area (Å²) in [7, 11) is 0. The zero-order valence-corrected chi connectivity index (χ0v) is 18.0. The SMILES string of the molecule is CCN(c1cc(Cl)cc2c(C#N)cc(N3CCOCC3)nc12)C1(C(=O)O)C=CC=CC1. The number of hydrogen-bond donors (Lipinski definition) is 1. The van der Waals surface area contributed by atoms with Crippen LogP contribution in [0, 0.1) is 11.3 Å². The normalized spacial score (nSPS) is 20.6. The summed E-state index contributed by atoms with van der Waals surface area (Å²) in [5.74, 6) is -0.275. The van der Waals surface area contributed by atoms with Gasteiger partial charge in [0.1, 0.15) is 5.82 Å². The Morgan fingerprint density at radius 3 is 2.74 bits per heavy atom. The molecule has 1 unspecified atom stereocenters. The number of nitriles is 1. The number of aliphatic carboxylic acids is 1. The van der Waals surface area contributed by atoms with E-state index in [0.29, 0.717) is 72.3 Å². The summed E-state index contributed by atoms with van der Waals surface area (Å²) in [6.07, 6.45) is 7.45. The van der Waals surface area contributed by atoms with Gasteiger partial charge in [-0.2, -0.15) is 5.26 Å². The van der Waals surface area contributed by atoms with E-state index in [1.807, 2.05) is 19.1 Å². The third-order valence-corrected chi connectivity index (χ3v) is 6.03. The Morgan fingerprint density at radius 2 is 2.13 bits per heavy atom. The molecule has 1 aromatic carbocycles. The Labute approximate surface area is 185 Å². The molecule has 0 radical (unpaired) electrons. The first kappa shape index (κ1) is 21.2. The number of rotatable bonds is 5. The van der Waals surface area contributed by atoms with Gasteiger partial charge in [-0.1, -0.05) is 29.8 Å². The highest BCUT2D eigenvalue weighted by molar-refractivity contribution is 6.32. The summed E-state index contributed by atoms with van der Waals surface area (Å²) in [6, 6.07) is 7.47. The molecular formula is C23H23ClN4O3. The molecule has 2 aliphatic rings. The summed E-state index contributed by atoms with van der Waals surface area (Å²) in [6.45, 7) is 4.86. The molecule has 1 atom stereocenters. The van der Waals surface area contributed by atoms with Crippen molar-refractivity contribution < 1.29 is 14.6 Å². The number of likely N-dealkylation sites (N-methyl/N-ethyl adjacent to an activating group) is 1. The van der Waals surface area contributed by atoms with Gasteiger partial charge in [0.15, 0.2) is 5.54 Å². The number of ether oxygens (including phenoxy) is 1. The Bertz CT molecular complexity index is 1120. The predicted octanol–water partition coefficient (Wildman–Crippen LogP) is 3.76. The van der Waals surface area contributed by atoms with Crippen molar-refractivity contribution in [3.8, 4) is 6.07 Å². The highest BCUT2D eigenvalue weighted by atomic mass is 35.5. The van der Waals surface area contributed by atoms with Crippen molar-refractivity contribution >= 4 is 40.0 Å². The molecule has 0 spiro atoms. The monoisotopic (exact) mass is 438 g/mol. The fourth-order valence-electron chi connectivity index (χ4n) is 4.26. The van der Waals surface area contributed by atoms with Gasteiger partial charge in [-0.05, 0) is 31.2 Å². The second-order valence-electron chi connectivity index (χ2n) is 7.53. The molecule has 1 saturated heterocycles. The number of carbonyl (C=O) groups is 1. The molecule has 1 aromatic heterocycles. The molecular weight excluding hydrogens is 416 g/mol. The van der Waals surface area contributed by atoms with Crippen molar-refractivity contribution in [2.45, 2.75) is 18.9 Å². The summed E-state index contributed by atoms with van der Waals surface area (Å²) in [5, 5.41) is 21.1. The quantitative estimate of drug-likeness (QED) is 0.760. The van der Waals surface area contributed by atoms with Gasteiger partial charge < -0.3 is 19.6 Å². The molecule has 1 fully saturated rings. The number of nitrogens with zero attached hydrogens (tertiary/aromatic N) is 4. The first-order chi connectivity index (χ1) is 15.0. The standard InChI is InChI=1S/C23H23ClN4O3/c1-2-28(23(22(29)30)6-4-3-5-7-23)19-14-17(24)13-18-16(15-25)12-20(26-21(18)19)27-8-10-31-11-9-27/h3-6,12-14H,2,7-11H2,1H3,(H,29,30). The number of pyridine rings is 1. The third kappa shape index (κ3) is 3.73. The van der Waals surface area contributed by atoms with Crippen LogP contribution in [0.3, 0.4) is 0 Å². The molecule has 1 aliphatic heterocycles. The topological polar surface area (TPSA) is 89.7 Å². The number of morpholine rings is 1. The fourth-order valence-corrected chi connectivity index (χ4v) is 4.48. The largest absolute Gasteiger partial charge is 0.479 e. The molecule has 7 nitrogen and oxygen atoms in total. The number of aromatic nitrogens is 1. The van der Waals surface area contributed by atoms with Crippen LogP contribution in [0.15, 0.2) is 42.5 Å². The van der Waals surface area contributed by atoms with Crippen LogP contribution in [0.5, 0.6) is 0 Å². The van der Waals surface area contributed by atoms with Gasteiger partial charge in [0.05, 0.1) is 36.1 Å². The van der Waals surface area contributed by atoms with Crippen molar-refractivity contribution in [1.82, 2.24) is 4.98 Å². The van der Waals surface area contributed by atoms with Crippen LogP contribution in [0.25, 0.3) is 10.9 Å². The van der Waals surface area contributed by atoms with E-state index in [0.717, 1.165) is 0 Å². The second-order valence-corrected chi connectivity index (χ2v) is 7.96. The van der Waals surface area contributed by atoms with Crippen LogP contribution in [0.1, 0.15) is 18.9 Å². The van der Waals surface area contributed by atoms with E-state index in [2.05, 4.69) is 11.0 Å². The molecule has 31 heavy (non-hydrogen) atoms. The number of hydrogen-bond acceptors (Lipinski definition) is 6. The Hall–Kier alpha value is -3.08. The first-order valence-electron chi connectivity index (χ1n) is 10.2. The first-order valence-corrected chi connectivity index (χ1v) is 10.6. The van der Waals surface area contributed by atoms with Gasteiger partial charge in [-0.3, -0.25) is 0 Å². The summed E-state index contributed by atoms with van der Waals surface area (Å²) in [5.41, 5.74) is 0.356. The third-order valence-electron chi connectivity index (χ3n) is 5.81. The second kappa shape index (κ2) is 8.58. The Morgan fingerprint density at radius 1 is 1.35 bits per heavy atom. The van der Waals surface area contributed by atoms with E-state index in [9.17, 15) is 15.2 Å². The van der Waals surface area contributed by atoms with Crippen molar-refractivity contribution in [2.75, 3.05) is 42.6 Å². The molecule has 8 heteroatoms. The highest BCUT2D eigenvalue weighted by Crippen LogP contribution is 2.39. The number of benzene rings is 1. The zero-order valence-electron chi connectivity index (χ0n) is 17.2. The molecule has 0 saturated carbocycles. The Kier molecular flexibility index (Phi) is 5.86. The predicted molar refractivity (Wildman–Crippen MR) is 121 cm³/mol. The van der Waals surface area contributed by atoms with Crippen molar-refractivity contribution in [1.29, 1.82) is 5.26 Å². The minimum absolute atomic E-state index is 0.314. The van der Waals surface area contributed by atoms with Crippen LogP contribution < -0.4 is 9.80 Å². The number of fused-ring (bicyclic) bond motifs is 1. The number of carboxylic acid groups (broad SMARTS) is 1. The zero-order chi connectivity index (χ0) is 22.0. The van der Waals surface area contributed by atoms with Crippen LogP contribution in [-0.4, -0.2) is 54.4 Å². The lowest BCUT2D eigenvalue weighted by atomic mass is 9.88. The average molecular weight is 439 g/mol. The smallest absolute Gasteiger partial charge is 0.333 e. The highest BCUT2D eigenvalue weighted by Gasteiger charge is 2.42. The maximum atomic E-state index is 12.5. The lowest BCUT2D eigenvalue weighted by Crippen LogP contribution is -2.54. The summed E-state index contributed by atoms with van der Waals surface area (Å²) < 4.78 is 5.44. The molecule has 2 aromatic rings. The van der Waals surface area contributed by atoms with Crippen LogP contribution in [-0.2, 0) is 9.53 Å². The van der Waals surface area contributed by atoms with Crippen LogP contribution in [0.4, 0.5) is 11.5 Å². The van der Waals surface area contributed by atoms with E-state index < -0.39 is 11.5 Å². The van der Waals surface area contributed by atoms with Gasteiger partial charge in [-0.25, -0.2) is 9.78 Å². The van der Waals surface area contributed by atoms with Crippen LogP contribution >= 0.6 is 11.6 Å². The molecule has 1 N–H and O–H groups in total. The lowest BCUT2D eigenvalue weighted by Gasteiger charge is -2.40. The van der Waals surface area contributed by atoms with Crippen molar-refractivity contribution in [2.24, 2.45) is 0 Å². The minimum atomic E-state index is -1.26. The van der Waals surface area contributed by atoms with E-state index in [1.54, 1.807) is 35.3 Å². The number of halogens is 1.